The van der Waals surface area contributed by atoms with E-state index >= 15 is 0 Å². The number of rotatable bonds is 4. The van der Waals surface area contributed by atoms with E-state index in [2.05, 4.69) is 9.88 Å². The van der Waals surface area contributed by atoms with Gasteiger partial charge in [0.25, 0.3) is 0 Å². The van der Waals surface area contributed by atoms with Crippen LogP contribution in [0.25, 0.3) is 21.9 Å². The number of hydrogen-bond donors (Lipinski definition) is 0. The van der Waals surface area contributed by atoms with Gasteiger partial charge in [-0.1, -0.05) is 6.07 Å². The van der Waals surface area contributed by atoms with Gasteiger partial charge >= 0.3 is 5.63 Å². The Morgan fingerprint density at radius 2 is 1.82 bits per heavy atom. The number of aryl methyl sites for hydroxylation is 3. The zero-order chi connectivity index (χ0) is 23.1. The molecule has 0 radical (unpaired) electrons. The number of carbonyl (C=O) groups is 1. The van der Waals surface area contributed by atoms with Gasteiger partial charge in [0.15, 0.2) is 0 Å². The molecule has 0 N–H and O–H groups in total. The van der Waals surface area contributed by atoms with Gasteiger partial charge in [0.1, 0.15) is 17.0 Å². The van der Waals surface area contributed by atoms with Crippen molar-refractivity contribution in [3.05, 3.63) is 69.4 Å². The molecule has 1 amide bonds. The van der Waals surface area contributed by atoms with Crippen LogP contribution in [0.1, 0.15) is 28.7 Å². The Balaban J connectivity index is 1.32. The van der Waals surface area contributed by atoms with Crippen molar-refractivity contribution >= 4 is 33.7 Å². The normalized spacial score (nSPS) is 14.4. The average Bonchev–Trinajstić information content (AvgIpc) is 3.21. The van der Waals surface area contributed by atoms with Crippen molar-refractivity contribution in [1.29, 1.82) is 0 Å². The summed E-state index contributed by atoms with van der Waals surface area (Å²) in [5, 5.41) is 1.92. The van der Waals surface area contributed by atoms with E-state index in [0.717, 1.165) is 52.0 Å². The van der Waals surface area contributed by atoms with Gasteiger partial charge in [-0.3, -0.25) is 4.79 Å². The Labute approximate surface area is 191 Å². The maximum absolute atomic E-state index is 12.9. The van der Waals surface area contributed by atoms with Gasteiger partial charge in [-0.15, -0.1) is 0 Å². The lowest BCUT2D eigenvalue weighted by atomic mass is 9.98. The fourth-order valence-electron chi connectivity index (χ4n) is 4.72. The Kier molecular flexibility index (Phi) is 5.40. The Hall–Kier alpha value is -3.61. The molecule has 3 aromatic heterocycles. The van der Waals surface area contributed by atoms with E-state index in [0.29, 0.717) is 30.7 Å². The predicted molar refractivity (Wildman–Crippen MR) is 128 cm³/mol. The van der Waals surface area contributed by atoms with Gasteiger partial charge in [0.2, 0.25) is 5.91 Å². The highest BCUT2D eigenvalue weighted by Gasteiger charge is 2.23. The number of amides is 1. The van der Waals surface area contributed by atoms with Crippen molar-refractivity contribution in [2.75, 3.05) is 31.1 Å². The molecule has 33 heavy (non-hydrogen) atoms. The summed E-state index contributed by atoms with van der Waals surface area (Å²) in [6, 6.07) is 7.88. The minimum Gasteiger partial charge on any atom is -0.464 e. The highest BCUT2D eigenvalue weighted by molar-refractivity contribution is 5.99. The molecule has 7 heteroatoms. The minimum absolute atomic E-state index is 0.0619. The molecule has 1 aliphatic rings. The van der Waals surface area contributed by atoms with Crippen molar-refractivity contribution in [2.45, 2.75) is 33.6 Å². The maximum atomic E-state index is 12.9. The first-order valence-electron chi connectivity index (χ1n) is 11.3. The fourth-order valence-corrected chi connectivity index (χ4v) is 4.72. The van der Waals surface area contributed by atoms with E-state index in [1.54, 1.807) is 12.5 Å². The van der Waals surface area contributed by atoms with Gasteiger partial charge in [0, 0.05) is 60.7 Å². The first-order chi connectivity index (χ1) is 15.9. The summed E-state index contributed by atoms with van der Waals surface area (Å²) in [6.07, 6.45) is 4.15. The van der Waals surface area contributed by atoms with Gasteiger partial charge < -0.3 is 18.6 Å². The number of anilines is 1. The number of benzene rings is 1. The van der Waals surface area contributed by atoms with Crippen molar-refractivity contribution in [3.8, 4) is 0 Å². The van der Waals surface area contributed by atoms with Crippen molar-refractivity contribution in [1.82, 2.24) is 9.88 Å². The number of hydrogen-bond acceptors (Lipinski definition) is 6. The minimum atomic E-state index is -0.376. The average molecular weight is 446 g/mol. The van der Waals surface area contributed by atoms with Gasteiger partial charge in [-0.25, -0.2) is 9.78 Å². The molecule has 170 valence electrons. The molecular weight excluding hydrogens is 418 g/mol. The number of pyridine rings is 1. The topological polar surface area (TPSA) is 79.8 Å². The number of fused-ring (bicyclic) bond motifs is 2. The lowest BCUT2D eigenvalue weighted by Gasteiger charge is -2.35. The van der Waals surface area contributed by atoms with Crippen LogP contribution in [0.4, 0.5) is 5.82 Å². The van der Waals surface area contributed by atoms with Crippen LogP contribution in [0.5, 0.6) is 0 Å². The first kappa shape index (κ1) is 21.2. The third-order valence-electron chi connectivity index (χ3n) is 6.73. The van der Waals surface area contributed by atoms with E-state index in [1.165, 1.54) is 0 Å². The SMILES string of the molecule is Cc1coc2c(C)c3oc(=O)c(CCC(=O)N4CCN(c5ccccn5)CC4)c(C)c3cc12. The molecule has 0 bridgehead atoms. The zero-order valence-electron chi connectivity index (χ0n) is 19.2. The second-order valence-electron chi connectivity index (χ2n) is 8.72. The molecule has 5 rings (SSSR count). The number of furan rings is 1. The Bertz CT molecular complexity index is 1400. The number of piperazine rings is 1. The summed E-state index contributed by atoms with van der Waals surface area (Å²) in [7, 11) is 0. The third-order valence-corrected chi connectivity index (χ3v) is 6.73. The molecular formula is C26H27N3O4. The molecule has 7 nitrogen and oxygen atoms in total. The van der Waals surface area contributed by atoms with Crippen LogP contribution in [0.2, 0.25) is 0 Å². The van der Waals surface area contributed by atoms with E-state index < -0.39 is 0 Å². The Morgan fingerprint density at radius 3 is 2.55 bits per heavy atom. The van der Waals surface area contributed by atoms with E-state index in [1.807, 2.05) is 49.9 Å². The smallest absolute Gasteiger partial charge is 0.339 e. The monoisotopic (exact) mass is 445 g/mol. The highest BCUT2D eigenvalue weighted by atomic mass is 16.4. The van der Waals surface area contributed by atoms with Crippen LogP contribution in [0.3, 0.4) is 0 Å². The second kappa shape index (κ2) is 8.39. The summed E-state index contributed by atoms with van der Waals surface area (Å²) in [5.41, 5.74) is 4.24. The highest BCUT2D eigenvalue weighted by Crippen LogP contribution is 2.32. The van der Waals surface area contributed by atoms with Crippen LogP contribution >= 0.6 is 0 Å². The van der Waals surface area contributed by atoms with Gasteiger partial charge in [-0.05, 0) is 56.5 Å². The zero-order valence-corrected chi connectivity index (χ0v) is 19.2. The number of nitrogens with zero attached hydrogens (tertiary/aromatic N) is 3. The molecule has 1 aromatic carbocycles. The van der Waals surface area contributed by atoms with Gasteiger partial charge in [0.05, 0.1) is 6.26 Å². The van der Waals surface area contributed by atoms with Crippen LogP contribution in [0, 0.1) is 20.8 Å². The molecule has 4 aromatic rings. The summed E-state index contributed by atoms with van der Waals surface area (Å²) in [6.45, 7) is 8.64. The Morgan fingerprint density at radius 1 is 1.03 bits per heavy atom. The van der Waals surface area contributed by atoms with Crippen LogP contribution in [0.15, 0.2) is 50.4 Å². The first-order valence-corrected chi connectivity index (χ1v) is 11.3. The van der Waals surface area contributed by atoms with Crippen LogP contribution in [-0.4, -0.2) is 42.0 Å². The quantitative estimate of drug-likeness (QED) is 0.439. The summed E-state index contributed by atoms with van der Waals surface area (Å²) in [4.78, 5) is 34.1. The molecule has 1 aliphatic heterocycles. The molecule has 0 unspecified atom stereocenters. The molecule has 1 saturated heterocycles. The molecule has 4 heterocycles. The summed E-state index contributed by atoms with van der Waals surface area (Å²) < 4.78 is 11.4. The second-order valence-corrected chi connectivity index (χ2v) is 8.72. The van der Waals surface area contributed by atoms with Crippen molar-refractivity contribution < 1.29 is 13.6 Å². The third kappa shape index (κ3) is 3.77. The van der Waals surface area contributed by atoms with Crippen LogP contribution < -0.4 is 10.5 Å². The van der Waals surface area contributed by atoms with Crippen molar-refractivity contribution in [3.63, 3.8) is 0 Å². The van der Waals surface area contributed by atoms with E-state index in [-0.39, 0.29) is 18.0 Å². The fraction of sp³-hybridized carbons (Fsp3) is 0.346. The molecule has 0 saturated carbocycles. The lowest BCUT2D eigenvalue weighted by molar-refractivity contribution is -0.131. The molecule has 0 spiro atoms. The van der Waals surface area contributed by atoms with E-state index in [9.17, 15) is 9.59 Å². The largest absolute Gasteiger partial charge is 0.464 e. The van der Waals surface area contributed by atoms with Crippen LogP contribution in [-0.2, 0) is 11.2 Å². The summed E-state index contributed by atoms with van der Waals surface area (Å²) >= 11 is 0. The van der Waals surface area contributed by atoms with Gasteiger partial charge in [-0.2, -0.15) is 0 Å². The number of aromatic nitrogens is 1. The predicted octanol–water partition coefficient (Wildman–Crippen LogP) is 4.14. The van der Waals surface area contributed by atoms with E-state index in [4.69, 9.17) is 8.83 Å². The number of carbonyl (C=O) groups excluding carboxylic acids is 1. The molecule has 0 atom stereocenters. The lowest BCUT2D eigenvalue weighted by Crippen LogP contribution is -2.49. The molecule has 0 aliphatic carbocycles. The standard InChI is InChI=1S/C26H27N3O4/c1-16-15-32-24-18(3)25-21(14-20(16)24)17(2)19(26(31)33-25)7-8-23(30)29-12-10-28(11-13-29)22-6-4-5-9-27-22/h4-6,9,14-15H,7-8,10-13H2,1-3H3. The maximum Gasteiger partial charge on any atom is 0.339 e. The summed E-state index contributed by atoms with van der Waals surface area (Å²) in [5.74, 6) is 0.998. The molecule has 1 fully saturated rings. The van der Waals surface area contributed by atoms with Crippen molar-refractivity contribution in [2.24, 2.45) is 0 Å².